The van der Waals surface area contributed by atoms with Crippen molar-refractivity contribution in [3.8, 4) is 0 Å². The highest BCUT2D eigenvalue weighted by Gasteiger charge is 2.15. The van der Waals surface area contributed by atoms with Gasteiger partial charge in [0, 0.05) is 12.5 Å². The number of aryl methyl sites for hydroxylation is 2. The Morgan fingerprint density at radius 2 is 2.18 bits per heavy atom. The minimum atomic E-state index is -1.06. The van der Waals surface area contributed by atoms with Crippen LogP contribution >= 0.6 is 11.8 Å². The van der Waals surface area contributed by atoms with Crippen molar-refractivity contribution >= 4 is 17.7 Å². The summed E-state index contributed by atoms with van der Waals surface area (Å²) in [5, 5.41) is 16.8. The summed E-state index contributed by atoms with van der Waals surface area (Å²) in [5.41, 5.74) is 0.606. The Bertz CT molecular complexity index is 546. The van der Waals surface area contributed by atoms with Crippen LogP contribution in [0.1, 0.15) is 27.8 Å². The Kier molecular flexibility index (Phi) is 3.19. The molecule has 0 saturated carbocycles. The van der Waals surface area contributed by atoms with Gasteiger partial charge in [0.25, 0.3) is 5.22 Å². The number of carboxylic acid groups (broad SMARTS) is 1. The highest BCUT2D eigenvalue weighted by molar-refractivity contribution is 7.98. The van der Waals surface area contributed by atoms with Crippen molar-refractivity contribution in [3.63, 3.8) is 0 Å². The zero-order chi connectivity index (χ0) is 12.4. The molecule has 6 nitrogen and oxygen atoms in total. The van der Waals surface area contributed by atoms with E-state index in [9.17, 15) is 4.79 Å². The lowest BCUT2D eigenvalue weighted by Crippen LogP contribution is -1.94. The third kappa shape index (κ3) is 2.68. The maximum Gasteiger partial charge on any atom is 0.372 e. The third-order valence-corrected chi connectivity index (χ3v) is 2.85. The molecule has 0 aliphatic rings. The number of furan rings is 1. The molecule has 2 aromatic rings. The van der Waals surface area contributed by atoms with Gasteiger partial charge in [0.2, 0.25) is 11.7 Å². The van der Waals surface area contributed by atoms with E-state index in [4.69, 9.17) is 13.9 Å². The molecule has 0 unspecified atom stereocenters. The first-order valence-corrected chi connectivity index (χ1v) is 5.80. The predicted molar refractivity (Wildman–Crippen MR) is 59.0 cm³/mol. The van der Waals surface area contributed by atoms with Gasteiger partial charge in [0.1, 0.15) is 5.76 Å². The fraction of sp³-hybridized carbons (Fsp3) is 0.300. The highest BCUT2D eigenvalue weighted by atomic mass is 32.2. The van der Waals surface area contributed by atoms with Gasteiger partial charge < -0.3 is 13.9 Å². The number of aromatic nitrogens is 2. The maximum absolute atomic E-state index is 10.8. The van der Waals surface area contributed by atoms with Crippen LogP contribution in [0.2, 0.25) is 0 Å². The molecule has 1 N–H and O–H groups in total. The molecule has 0 fully saturated rings. The predicted octanol–water partition coefficient (Wildman–Crippen LogP) is 2.27. The molecule has 2 heterocycles. The number of rotatable bonds is 4. The summed E-state index contributed by atoms with van der Waals surface area (Å²) < 4.78 is 10.4. The van der Waals surface area contributed by atoms with Crippen molar-refractivity contribution in [2.24, 2.45) is 0 Å². The first-order valence-electron chi connectivity index (χ1n) is 4.82. The van der Waals surface area contributed by atoms with E-state index < -0.39 is 5.97 Å². The monoisotopic (exact) mass is 254 g/mol. The van der Waals surface area contributed by atoms with Crippen molar-refractivity contribution in [2.75, 3.05) is 0 Å². The second-order valence-corrected chi connectivity index (χ2v) is 4.33. The number of carbonyl (C=O) groups is 1. The fourth-order valence-corrected chi connectivity index (χ4v) is 1.99. The molecule has 0 aliphatic heterocycles. The Balaban J connectivity index is 2.04. The summed E-state index contributed by atoms with van der Waals surface area (Å²) in [4.78, 5) is 10.8. The number of nitrogens with zero attached hydrogens (tertiary/aromatic N) is 2. The Labute approximate surface area is 101 Å². The van der Waals surface area contributed by atoms with Gasteiger partial charge >= 0.3 is 5.97 Å². The second-order valence-electron chi connectivity index (χ2n) is 3.41. The minimum absolute atomic E-state index is 0.0256. The summed E-state index contributed by atoms with van der Waals surface area (Å²) >= 11 is 1.30. The molecule has 17 heavy (non-hydrogen) atoms. The molecular formula is C10H10N2O4S. The van der Waals surface area contributed by atoms with E-state index in [1.165, 1.54) is 11.8 Å². The lowest BCUT2D eigenvalue weighted by atomic mass is 10.3. The Hall–Kier alpha value is -1.76. The van der Waals surface area contributed by atoms with Crippen LogP contribution in [0.25, 0.3) is 0 Å². The van der Waals surface area contributed by atoms with Crippen LogP contribution in [0.5, 0.6) is 0 Å². The average molecular weight is 254 g/mol. The fourth-order valence-electron chi connectivity index (χ4n) is 1.30. The van der Waals surface area contributed by atoms with Crippen LogP contribution in [0.4, 0.5) is 0 Å². The lowest BCUT2D eigenvalue weighted by molar-refractivity contribution is 0.0659. The molecule has 0 aromatic carbocycles. The number of carboxylic acids is 1. The van der Waals surface area contributed by atoms with Crippen molar-refractivity contribution < 1.29 is 18.7 Å². The first kappa shape index (κ1) is 11.7. The number of thioether (sulfide) groups is 1. The topological polar surface area (TPSA) is 89.4 Å². The van der Waals surface area contributed by atoms with E-state index in [1.807, 2.05) is 0 Å². The molecule has 0 amide bonds. The van der Waals surface area contributed by atoms with Crippen molar-refractivity contribution in [3.05, 3.63) is 29.0 Å². The van der Waals surface area contributed by atoms with Gasteiger partial charge in [-0.2, -0.15) is 0 Å². The average Bonchev–Trinajstić information content (AvgIpc) is 2.82. The van der Waals surface area contributed by atoms with Crippen LogP contribution in [-0.4, -0.2) is 21.3 Å². The molecule has 0 spiro atoms. The molecule has 0 bridgehead atoms. The molecule has 7 heteroatoms. The van der Waals surface area contributed by atoms with E-state index in [0.29, 0.717) is 28.2 Å². The lowest BCUT2D eigenvalue weighted by Gasteiger charge is -1.92. The number of aromatic carboxylic acids is 1. The molecule has 0 saturated heterocycles. The molecule has 0 aliphatic carbocycles. The van der Waals surface area contributed by atoms with Gasteiger partial charge in [-0.05, 0) is 13.0 Å². The minimum Gasteiger partial charge on any atom is -0.475 e. The van der Waals surface area contributed by atoms with E-state index >= 15 is 0 Å². The smallest absolute Gasteiger partial charge is 0.372 e. The largest absolute Gasteiger partial charge is 0.475 e. The normalized spacial score (nSPS) is 10.7. The van der Waals surface area contributed by atoms with Gasteiger partial charge in [-0.3, -0.25) is 0 Å². The summed E-state index contributed by atoms with van der Waals surface area (Å²) in [7, 11) is 0. The van der Waals surface area contributed by atoms with Crippen LogP contribution in [0.15, 0.2) is 20.1 Å². The van der Waals surface area contributed by atoms with Gasteiger partial charge in [-0.25, -0.2) is 4.79 Å². The molecule has 0 radical (unpaired) electrons. The number of hydrogen-bond acceptors (Lipinski definition) is 6. The summed E-state index contributed by atoms with van der Waals surface area (Å²) in [6.45, 7) is 3.40. The van der Waals surface area contributed by atoms with Crippen molar-refractivity contribution in [1.82, 2.24) is 10.2 Å². The number of hydrogen-bond donors (Lipinski definition) is 1. The van der Waals surface area contributed by atoms with Gasteiger partial charge in [-0.1, -0.05) is 11.8 Å². The van der Waals surface area contributed by atoms with Crippen molar-refractivity contribution in [2.45, 2.75) is 24.8 Å². The van der Waals surface area contributed by atoms with E-state index in [0.717, 1.165) is 0 Å². The summed E-state index contributed by atoms with van der Waals surface area (Å²) in [6, 6.07) is 1.69. The van der Waals surface area contributed by atoms with Crippen LogP contribution in [0, 0.1) is 13.8 Å². The van der Waals surface area contributed by atoms with Gasteiger partial charge in [0.05, 0.1) is 5.75 Å². The molecule has 2 rings (SSSR count). The Morgan fingerprint density at radius 3 is 2.71 bits per heavy atom. The van der Waals surface area contributed by atoms with E-state index in [1.54, 1.807) is 19.9 Å². The third-order valence-electron chi connectivity index (χ3n) is 2.01. The van der Waals surface area contributed by atoms with E-state index in [-0.39, 0.29) is 5.76 Å². The highest BCUT2D eigenvalue weighted by Crippen LogP contribution is 2.24. The quantitative estimate of drug-likeness (QED) is 0.837. The summed E-state index contributed by atoms with van der Waals surface area (Å²) in [5.74, 6) is 0.431. The van der Waals surface area contributed by atoms with E-state index in [2.05, 4.69) is 10.2 Å². The van der Waals surface area contributed by atoms with Gasteiger partial charge in [0.15, 0.2) is 0 Å². The molecular weight excluding hydrogens is 244 g/mol. The maximum atomic E-state index is 10.8. The van der Waals surface area contributed by atoms with Crippen molar-refractivity contribution in [1.29, 1.82) is 0 Å². The van der Waals surface area contributed by atoms with Crippen LogP contribution < -0.4 is 0 Å². The standard InChI is InChI=1S/C10H10N2O4S/c1-5-3-7(16-8(5)9(13)14)4-17-10-12-11-6(2)15-10/h3H,4H2,1-2H3,(H,13,14). The zero-order valence-corrected chi connectivity index (χ0v) is 10.1. The molecule has 90 valence electrons. The van der Waals surface area contributed by atoms with Gasteiger partial charge in [-0.15, -0.1) is 10.2 Å². The Morgan fingerprint density at radius 1 is 1.41 bits per heavy atom. The van der Waals surface area contributed by atoms with Crippen LogP contribution in [-0.2, 0) is 5.75 Å². The molecule has 0 atom stereocenters. The zero-order valence-electron chi connectivity index (χ0n) is 9.26. The first-order chi connectivity index (χ1) is 8.06. The summed E-state index contributed by atoms with van der Waals surface area (Å²) in [6.07, 6.45) is 0. The molecule has 2 aromatic heterocycles. The SMILES string of the molecule is Cc1nnc(SCc2cc(C)c(C(=O)O)o2)o1. The second kappa shape index (κ2) is 4.62. The van der Waals surface area contributed by atoms with Crippen LogP contribution in [0.3, 0.4) is 0 Å².